The lowest BCUT2D eigenvalue weighted by Gasteiger charge is -2.33. The number of benzene rings is 1. The Balaban J connectivity index is 0.0000260. The van der Waals surface area contributed by atoms with Crippen LogP contribution >= 0.6 is 0 Å². The molecule has 1 atom stereocenters. The van der Waals surface area contributed by atoms with Crippen molar-refractivity contribution in [2.75, 3.05) is 40.5 Å². The van der Waals surface area contributed by atoms with Crippen LogP contribution in [0.2, 0.25) is 0 Å². The molecule has 0 aromatic heterocycles. The fraction of sp³-hybridized carbons (Fsp3) is 0.792. The number of likely N-dealkylation sites (N-methyl/N-ethyl adjacent to an activating group) is 1. The van der Waals surface area contributed by atoms with Crippen LogP contribution in [0, 0.1) is 0 Å². The first-order valence-electron chi connectivity index (χ1n) is 22.4. The lowest BCUT2D eigenvalue weighted by molar-refractivity contribution is -0.906. The van der Waals surface area contributed by atoms with Gasteiger partial charge < -0.3 is 37.9 Å². The highest BCUT2D eigenvalue weighted by Crippen LogP contribution is 2.15. The van der Waals surface area contributed by atoms with Crippen LogP contribution < -0.4 is 24.0 Å². The minimum atomic E-state index is 0. The molecule has 3 nitrogen and oxygen atoms in total. The standard InChI is InChI=1S/C48H88NO2.HI/c1-5-7-9-11-13-15-17-19-21-23-25-27-29-31-33-38-42-50-46-48(45-49(3,4)44-47-40-36-35-37-41-47)51-43-39-34-32-30-28-26-24-22-20-18-16-14-12-10-8-6-2;/h19-22,35-37,40-41,48H,5-18,23-34,38-39,42-46H2,1-4H3;1H/q+1;/p-1/b21-19-,22-20-;. The molecule has 0 aliphatic carbocycles. The van der Waals surface area contributed by atoms with Crippen molar-refractivity contribution in [3.63, 3.8) is 0 Å². The zero-order valence-electron chi connectivity index (χ0n) is 35.2. The highest BCUT2D eigenvalue weighted by molar-refractivity contribution is 5.13. The number of allylic oxidation sites excluding steroid dienone is 4. The number of quaternary nitrogens is 1. The Labute approximate surface area is 343 Å². The predicted molar refractivity (Wildman–Crippen MR) is 227 cm³/mol. The van der Waals surface area contributed by atoms with Gasteiger partial charge in [-0.15, -0.1) is 0 Å². The van der Waals surface area contributed by atoms with Gasteiger partial charge in [-0.3, -0.25) is 0 Å². The summed E-state index contributed by atoms with van der Waals surface area (Å²) in [5, 5.41) is 0. The van der Waals surface area contributed by atoms with E-state index in [1.165, 1.54) is 179 Å². The molecule has 0 aliphatic heterocycles. The van der Waals surface area contributed by atoms with Crippen LogP contribution in [0.1, 0.15) is 199 Å². The summed E-state index contributed by atoms with van der Waals surface area (Å²) in [6, 6.07) is 10.9. The molecule has 0 saturated carbocycles. The fourth-order valence-electron chi connectivity index (χ4n) is 7.11. The van der Waals surface area contributed by atoms with Crippen LogP contribution in [0.25, 0.3) is 0 Å². The summed E-state index contributed by atoms with van der Waals surface area (Å²) >= 11 is 0. The molecule has 0 spiro atoms. The first-order valence-corrected chi connectivity index (χ1v) is 22.4. The molecule has 0 bridgehead atoms. The second kappa shape index (κ2) is 40.0. The quantitative estimate of drug-likeness (QED) is 0.0285. The van der Waals surface area contributed by atoms with Gasteiger partial charge in [-0.25, -0.2) is 0 Å². The molecule has 0 amide bonds. The normalized spacial score (nSPS) is 12.6. The van der Waals surface area contributed by atoms with Crippen molar-refractivity contribution in [1.82, 2.24) is 0 Å². The summed E-state index contributed by atoms with van der Waals surface area (Å²) in [4.78, 5) is 0. The van der Waals surface area contributed by atoms with E-state index in [1.54, 1.807) is 0 Å². The largest absolute Gasteiger partial charge is 1.00 e. The molecule has 0 radical (unpaired) electrons. The summed E-state index contributed by atoms with van der Waals surface area (Å²) in [7, 11) is 4.66. The predicted octanol–water partition coefficient (Wildman–Crippen LogP) is 11.7. The lowest BCUT2D eigenvalue weighted by Crippen LogP contribution is -3.00. The Kier molecular flexibility index (Phi) is 39.5. The minimum absolute atomic E-state index is 0. The van der Waals surface area contributed by atoms with Crippen LogP contribution in [-0.4, -0.2) is 51.0 Å². The molecule has 0 fully saturated rings. The van der Waals surface area contributed by atoms with Crippen LogP contribution in [0.15, 0.2) is 54.6 Å². The van der Waals surface area contributed by atoms with Crippen molar-refractivity contribution in [3.8, 4) is 0 Å². The molecular formula is C48H88INO2. The summed E-state index contributed by atoms with van der Waals surface area (Å²) < 4.78 is 13.7. The van der Waals surface area contributed by atoms with Crippen LogP contribution in [0.4, 0.5) is 0 Å². The third kappa shape index (κ3) is 36.3. The molecule has 4 heteroatoms. The smallest absolute Gasteiger partial charge is 0.130 e. The number of unbranched alkanes of at least 4 members (excludes halogenated alkanes) is 24. The fourth-order valence-corrected chi connectivity index (χ4v) is 7.11. The van der Waals surface area contributed by atoms with Crippen LogP contribution in [0.3, 0.4) is 0 Å². The number of ether oxygens (including phenoxy) is 2. The monoisotopic (exact) mass is 838 g/mol. The Hall–Kier alpha value is -0.690. The van der Waals surface area contributed by atoms with Gasteiger partial charge in [0, 0.05) is 18.8 Å². The van der Waals surface area contributed by atoms with E-state index in [4.69, 9.17) is 9.47 Å². The van der Waals surface area contributed by atoms with Crippen molar-refractivity contribution in [2.24, 2.45) is 0 Å². The summed E-state index contributed by atoms with van der Waals surface area (Å²) in [6.07, 6.45) is 47.4. The number of rotatable bonds is 39. The zero-order chi connectivity index (χ0) is 36.8. The van der Waals surface area contributed by atoms with Gasteiger partial charge >= 0.3 is 0 Å². The summed E-state index contributed by atoms with van der Waals surface area (Å²) in [5.41, 5.74) is 1.39. The van der Waals surface area contributed by atoms with E-state index in [-0.39, 0.29) is 30.1 Å². The van der Waals surface area contributed by atoms with E-state index in [0.717, 1.165) is 37.2 Å². The molecule has 0 saturated heterocycles. The molecule has 0 N–H and O–H groups in total. The van der Waals surface area contributed by atoms with E-state index >= 15 is 0 Å². The maximum absolute atomic E-state index is 6.51. The van der Waals surface area contributed by atoms with E-state index < -0.39 is 0 Å². The highest BCUT2D eigenvalue weighted by Gasteiger charge is 2.23. The number of hydrogen-bond acceptors (Lipinski definition) is 2. The maximum Gasteiger partial charge on any atom is 0.130 e. The van der Waals surface area contributed by atoms with Gasteiger partial charge in [0.1, 0.15) is 19.2 Å². The number of halogens is 1. The van der Waals surface area contributed by atoms with Crippen LogP contribution in [-0.2, 0) is 16.0 Å². The maximum atomic E-state index is 6.51. The minimum Gasteiger partial charge on any atom is -1.00 e. The van der Waals surface area contributed by atoms with Gasteiger partial charge in [-0.1, -0.05) is 184 Å². The first-order chi connectivity index (χ1) is 25.1. The van der Waals surface area contributed by atoms with Gasteiger partial charge in [0.25, 0.3) is 0 Å². The molecule has 1 aromatic rings. The van der Waals surface area contributed by atoms with Crippen molar-refractivity contribution in [3.05, 3.63) is 60.2 Å². The summed E-state index contributed by atoms with van der Waals surface area (Å²) in [6.45, 7) is 9.02. The topological polar surface area (TPSA) is 18.5 Å². The van der Waals surface area contributed by atoms with Crippen molar-refractivity contribution in [1.29, 1.82) is 0 Å². The molecule has 1 rings (SSSR count). The molecule has 0 aliphatic rings. The molecule has 1 unspecified atom stereocenters. The van der Waals surface area contributed by atoms with Crippen molar-refractivity contribution in [2.45, 2.75) is 206 Å². The average Bonchev–Trinajstić information content (AvgIpc) is 3.12. The van der Waals surface area contributed by atoms with E-state index in [0.29, 0.717) is 6.61 Å². The Morgan fingerprint density at radius 3 is 1.33 bits per heavy atom. The SMILES string of the molecule is CCCCCCCC/C=C\CCCCCCCCOCC(C[N+](C)(C)Cc1ccccc1)OCCCCCCCC/C=C\CCCCCCCC.[I-]. The lowest BCUT2D eigenvalue weighted by atomic mass is 10.1. The molecule has 52 heavy (non-hydrogen) atoms. The van der Waals surface area contributed by atoms with E-state index in [1.807, 2.05) is 0 Å². The Morgan fingerprint density at radius 1 is 0.500 bits per heavy atom. The first kappa shape index (κ1) is 51.3. The van der Waals surface area contributed by atoms with E-state index in [9.17, 15) is 0 Å². The number of hydrogen-bond donors (Lipinski definition) is 0. The molecule has 1 aromatic carbocycles. The van der Waals surface area contributed by atoms with Crippen LogP contribution in [0.5, 0.6) is 0 Å². The van der Waals surface area contributed by atoms with Gasteiger partial charge in [-0.05, 0) is 64.2 Å². The highest BCUT2D eigenvalue weighted by atomic mass is 127. The second-order valence-electron chi connectivity index (χ2n) is 16.2. The van der Waals surface area contributed by atoms with Crippen molar-refractivity contribution < 1.29 is 37.9 Å². The van der Waals surface area contributed by atoms with Gasteiger partial charge in [-0.2, -0.15) is 0 Å². The van der Waals surface area contributed by atoms with Gasteiger partial charge in [0.15, 0.2) is 0 Å². The summed E-state index contributed by atoms with van der Waals surface area (Å²) in [5.74, 6) is 0. The Morgan fingerprint density at radius 2 is 0.885 bits per heavy atom. The third-order valence-electron chi connectivity index (χ3n) is 10.3. The molecular weight excluding hydrogens is 749 g/mol. The zero-order valence-corrected chi connectivity index (χ0v) is 37.4. The van der Waals surface area contributed by atoms with E-state index in [2.05, 4.69) is 82.6 Å². The third-order valence-corrected chi connectivity index (χ3v) is 10.3. The van der Waals surface area contributed by atoms with Gasteiger partial charge in [0.2, 0.25) is 0 Å². The van der Waals surface area contributed by atoms with Crippen molar-refractivity contribution >= 4 is 0 Å². The Bertz CT molecular complexity index is 886. The number of nitrogens with zero attached hydrogens (tertiary/aromatic N) is 1. The molecule has 0 heterocycles. The average molecular weight is 838 g/mol. The second-order valence-corrected chi connectivity index (χ2v) is 16.2. The molecule has 304 valence electrons. The van der Waals surface area contributed by atoms with Gasteiger partial charge in [0.05, 0.1) is 20.7 Å².